The molecule has 3 aromatic carbocycles. The molecule has 5 nitrogen and oxygen atoms in total. The van der Waals surface area contributed by atoms with Gasteiger partial charge in [0.15, 0.2) is 0 Å². The van der Waals surface area contributed by atoms with E-state index in [0.29, 0.717) is 17.2 Å². The Morgan fingerprint density at radius 2 is 1.67 bits per heavy atom. The predicted molar refractivity (Wildman–Crippen MR) is 121 cm³/mol. The summed E-state index contributed by atoms with van der Waals surface area (Å²) in [5.41, 5.74) is 9.56. The van der Waals surface area contributed by atoms with Gasteiger partial charge in [-0.15, -0.1) is 0 Å². The van der Waals surface area contributed by atoms with Crippen LogP contribution in [0.1, 0.15) is 30.0 Å². The van der Waals surface area contributed by atoms with Crippen LogP contribution < -0.4 is 11.1 Å². The molecular weight excluding hydrogens is 429 g/mol. The number of rotatable bonds is 5. The van der Waals surface area contributed by atoms with Gasteiger partial charge in [0, 0.05) is 17.0 Å². The third-order valence-corrected chi connectivity index (χ3v) is 5.80. The first-order valence-electron chi connectivity index (χ1n) is 10.6. The second kappa shape index (κ2) is 8.04. The van der Waals surface area contributed by atoms with Crippen LogP contribution in [-0.4, -0.2) is 22.2 Å². The fourth-order valence-electron chi connectivity index (χ4n) is 3.92. The average molecular weight is 450 g/mol. The molecule has 33 heavy (non-hydrogen) atoms. The molecule has 1 aliphatic carbocycles. The Morgan fingerprint density at radius 3 is 2.27 bits per heavy atom. The van der Waals surface area contributed by atoms with Crippen molar-refractivity contribution in [1.82, 2.24) is 9.78 Å². The number of carbonyl (C=O) groups excluding carboxylic acids is 1. The number of alkyl halides is 3. The molecule has 0 radical (unpaired) electrons. The summed E-state index contributed by atoms with van der Waals surface area (Å²) < 4.78 is 40.7. The van der Waals surface area contributed by atoms with Crippen molar-refractivity contribution < 1.29 is 18.0 Å². The molecule has 5 rings (SSSR count). The largest absolute Gasteiger partial charge is 0.416 e. The first-order chi connectivity index (χ1) is 15.8. The van der Waals surface area contributed by atoms with Gasteiger partial charge < -0.3 is 11.1 Å². The van der Waals surface area contributed by atoms with Gasteiger partial charge in [-0.05, 0) is 66.4 Å². The van der Waals surface area contributed by atoms with Crippen molar-refractivity contribution >= 4 is 22.5 Å². The van der Waals surface area contributed by atoms with E-state index in [1.54, 1.807) is 12.1 Å². The zero-order valence-corrected chi connectivity index (χ0v) is 17.6. The first kappa shape index (κ1) is 21.2. The average Bonchev–Trinajstić information content (AvgIpc) is 3.59. The summed E-state index contributed by atoms with van der Waals surface area (Å²) in [5, 5.41) is 8.62. The van der Waals surface area contributed by atoms with E-state index >= 15 is 0 Å². The summed E-state index contributed by atoms with van der Waals surface area (Å²) in [4.78, 5) is 11.5. The van der Waals surface area contributed by atoms with Crippen molar-refractivity contribution in [2.75, 3.05) is 11.9 Å². The third kappa shape index (κ3) is 4.21. The number of hydrogen-bond acceptors (Lipinski definition) is 3. The quantitative estimate of drug-likeness (QED) is 0.423. The SMILES string of the molecule is NCC(=O)Nc1ccc(-n2nc(C3CC3)c3ccc(-c4ccc(C(F)(F)F)cc4)cc32)cc1. The van der Waals surface area contributed by atoms with Gasteiger partial charge in [-0.3, -0.25) is 4.79 Å². The lowest BCUT2D eigenvalue weighted by Gasteiger charge is -2.09. The van der Waals surface area contributed by atoms with Crippen LogP contribution in [0.5, 0.6) is 0 Å². The van der Waals surface area contributed by atoms with E-state index in [4.69, 9.17) is 10.8 Å². The number of benzene rings is 3. The van der Waals surface area contributed by atoms with E-state index in [9.17, 15) is 18.0 Å². The van der Waals surface area contributed by atoms with E-state index in [1.807, 2.05) is 35.0 Å². The van der Waals surface area contributed by atoms with Crippen LogP contribution in [0.4, 0.5) is 18.9 Å². The Balaban J connectivity index is 1.55. The maximum atomic E-state index is 12.9. The van der Waals surface area contributed by atoms with Crippen molar-refractivity contribution in [2.45, 2.75) is 24.9 Å². The Morgan fingerprint density at radius 1 is 1.00 bits per heavy atom. The van der Waals surface area contributed by atoms with E-state index < -0.39 is 11.7 Å². The van der Waals surface area contributed by atoms with Crippen LogP contribution >= 0.6 is 0 Å². The Labute approximate surface area is 188 Å². The summed E-state index contributed by atoms with van der Waals surface area (Å²) in [7, 11) is 0. The fourth-order valence-corrected chi connectivity index (χ4v) is 3.92. The van der Waals surface area contributed by atoms with Crippen LogP contribution in [-0.2, 0) is 11.0 Å². The lowest BCUT2D eigenvalue weighted by Crippen LogP contribution is -2.21. The standard InChI is InChI=1S/C25H21F3N4O/c26-25(27,28)18-6-3-15(4-7-18)17-5-12-21-22(13-17)32(31-24(21)16-1-2-16)20-10-8-19(9-11-20)30-23(33)14-29/h3-13,16H,1-2,14,29H2,(H,30,33). The highest BCUT2D eigenvalue weighted by molar-refractivity contribution is 5.92. The van der Waals surface area contributed by atoms with Gasteiger partial charge in [0.1, 0.15) is 0 Å². The minimum Gasteiger partial charge on any atom is -0.325 e. The molecule has 1 amide bonds. The molecule has 1 fully saturated rings. The van der Waals surface area contributed by atoms with E-state index in [-0.39, 0.29) is 12.5 Å². The molecule has 3 N–H and O–H groups in total. The smallest absolute Gasteiger partial charge is 0.325 e. The predicted octanol–water partition coefficient (Wildman–Crippen LogP) is 5.49. The number of aromatic nitrogens is 2. The van der Waals surface area contributed by atoms with Gasteiger partial charge in [0.05, 0.1) is 29.0 Å². The number of halogens is 3. The highest BCUT2D eigenvalue weighted by atomic mass is 19.4. The highest BCUT2D eigenvalue weighted by Gasteiger charge is 2.31. The number of fused-ring (bicyclic) bond motifs is 1. The van der Waals surface area contributed by atoms with Crippen molar-refractivity contribution in [1.29, 1.82) is 0 Å². The molecule has 8 heteroatoms. The number of nitrogens with two attached hydrogens (primary N) is 1. The minimum atomic E-state index is -4.37. The molecule has 1 aromatic heterocycles. The van der Waals surface area contributed by atoms with Crippen molar-refractivity contribution in [2.24, 2.45) is 5.73 Å². The number of nitrogens with one attached hydrogen (secondary N) is 1. The van der Waals surface area contributed by atoms with Gasteiger partial charge in [-0.1, -0.05) is 24.3 Å². The molecule has 0 bridgehead atoms. The Kier molecular flexibility index (Phi) is 5.17. The first-order valence-corrected chi connectivity index (χ1v) is 10.6. The van der Waals surface area contributed by atoms with Crippen molar-refractivity contribution in [3.05, 3.63) is 78.0 Å². The van der Waals surface area contributed by atoms with E-state index in [1.165, 1.54) is 12.1 Å². The molecule has 4 aromatic rings. The van der Waals surface area contributed by atoms with Gasteiger partial charge in [-0.2, -0.15) is 18.3 Å². The maximum absolute atomic E-state index is 12.9. The molecule has 0 unspecified atom stereocenters. The van der Waals surface area contributed by atoms with E-state index in [2.05, 4.69) is 5.32 Å². The summed E-state index contributed by atoms with van der Waals surface area (Å²) in [6.45, 7) is -0.0942. The van der Waals surface area contributed by atoms with Crippen molar-refractivity contribution in [3.8, 4) is 16.8 Å². The van der Waals surface area contributed by atoms with Crippen LogP contribution in [0.3, 0.4) is 0 Å². The van der Waals surface area contributed by atoms with Crippen molar-refractivity contribution in [3.63, 3.8) is 0 Å². The molecule has 1 saturated carbocycles. The Bertz CT molecular complexity index is 1320. The van der Waals surface area contributed by atoms with Crippen LogP contribution in [0.2, 0.25) is 0 Å². The minimum absolute atomic E-state index is 0.0942. The summed E-state index contributed by atoms with van der Waals surface area (Å²) >= 11 is 0. The van der Waals surface area contributed by atoms with Crippen LogP contribution in [0.25, 0.3) is 27.7 Å². The van der Waals surface area contributed by atoms with E-state index in [0.717, 1.165) is 52.8 Å². The second-order valence-corrected chi connectivity index (χ2v) is 8.18. The van der Waals surface area contributed by atoms with Gasteiger partial charge in [-0.25, -0.2) is 4.68 Å². The molecule has 1 aliphatic rings. The lowest BCUT2D eigenvalue weighted by molar-refractivity contribution is -0.137. The number of carbonyl (C=O) groups is 1. The number of nitrogens with zero attached hydrogens (tertiary/aromatic N) is 2. The normalized spacial score (nSPS) is 13.9. The number of anilines is 1. The maximum Gasteiger partial charge on any atom is 0.416 e. The molecule has 0 spiro atoms. The lowest BCUT2D eigenvalue weighted by atomic mass is 10.0. The molecular formula is C25H21F3N4O. The number of hydrogen-bond donors (Lipinski definition) is 2. The van der Waals surface area contributed by atoms with Crippen LogP contribution in [0, 0.1) is 0 Å². The Hall–Kier alpha value is -3.65. The topological polar surface area (TPSA) is 72.9 Å². The fraction of sp³-hybridized carbons (Fsp3) is 0.200. The van der Waals surface area contributed by atoms with Crippen LogP contribution in [0.15, 0.2) is 66.7 Å². The number of amides is 1. The molecule has 0 atom stereocenters. The highest BCUT2D eigenvalue weighted by Crippen LogP contribution is 2.43. The molecule has 0 aliphatic heterocycles. The molecule has 168 valence electrons. The summed E-state index contributed by atoms with van der Waals surface area (Å²) in [6, 6.07) is 18.3. The zero-order valence-electron chi connectivity index (χ0n) is 17.6. The van der Waals surface area contributed by atoms with Gasteiger partial charge in [0.2, 0.25) is 5.91 Å². The monoisotopic (exact) mass is 450 g/mol. The summed E-state index contributed by atoms with van der Waals surface area (Å²) in [6.07, 6.45) is -2.18. The van der Waals surface area contributed by atoms with Gasteiger partial charge in [0.25, 0.3) is 0 Å². The third-order valence-electron chi connectivity index (χ3n) is 5.80. The summed E-state index contributed by atoms with van der Waals surface area (Å²) in [5.74, 6) is 0.151. The molecule has 0 saturated heterocycles. The van der Waals surface area contributed by atoms with Gasteiger partial charge >= 0.3 is 6.18 Å². The molecule has 1 heterocycles. The second-order valence-electron chi connectivity index (χ2n) is 8.18. The zero-order chi connectivity index (χ0) is 23.2.